The van der Waals surface area contributed by atoms with E-state index in [1.807, 2.05) is 7.05 Å². The van der Waals surface area contributed by atoms with Crippen LogP contribution in [0.3, 0.4) is 0 Å². The zero-order valence-electron chi connectivity index (χ0n) is 11.7. The summed E-state index contributed by atoms with van der Waals surface area (Å²) in [7, 11) is 1.83. The normalized spacial score (nSPS) is 16.9. The number of benzene rings is 1. The molecule has 0 amide bonds. The highest BCUT2D eigenvalue weighted by atomic mass is 15.3. The number of nitrogens with two attached hydrogens (primary N) is 2. The Bertz CT molecular complexity index is 583. The third-order valence-electron chi connectivity index (χ3n) is 4.34. The molecule has 5 nitrogen and oxygen atoms in total. The molecule has 0 bridgehead atoms. The average molecular weight is 271 g/mol. The Kier molecular flexibility index (Phi) is 3.46. The molecule has 0 saturated heterocycles. The number of nitrogen functional groups attached to an aromatic ring is 1. The molecule has 0 radical (unpaired) electrons. The van der Waals surface area contributed by atoms with Gasteiger partial charge in [0, 0.05) is 12.6 Å². The summed E-state index contributed by atoms with van der Waals surface area (Å²) < 4.78 is 1.66. The summed E-state index contributed by atoms with van der Waals surface area (Å²) in [5.41, 5.74) is 12.3. The standard InChI is InChI=1S/C15H21N5/c1-20-15(16)13(9-18-20)14(19-17)12-7-5-11(6-8-12)10-3-2-4-10/h5-10,14,19H,2-4,16-17H2,1H3. The first-order chi connectivity index (χ1) is 9.70. The molecule has 1 aliphatic carbocycles. The molecule has 1 atom stereocenters. The Morgan fingerprint density at radius 1 is 1.30 bits per heavy atom. The Hall–Kier alpha value is -1.85. The van der Waals surface area contributed by atoms with Crippen molar-refractivity contribution in [2.24, 2.45) is 12.9 Å². The zero-order valence-corrected chi connectivity index (χ0v) is 11.7. The van der Waals surface area contributed by atoms with E-state index < -0.39 is 0 Å². The van der Waals surface area contributed by atoms with Gasteiger partial charge in [-0.3, -0.25) is 10.5 Å². The minimum atomic E-state index is -0.126. The molecular weight excluding hydrogens is 250 g/mol. The molecule has 1 aromatic carbocycles. The molecule has 1 aromatic heterocycles. The Morgan fingerprint density at radius 2 is 2.00 bits per heavy atom. The maximum atomic E-state index is 6.03. The summed E-state index contributed by atoms with van der Waals surface area (Å²) in [5, 5.41) is 4.17. The van der Waals surface area contributed by atoms with Crippen molar-refractivity contribution in [1.82, 2.24) is 15.2 Å². The number of aryl methyl sites for hydroxylation is 1. The van der Waals surface area contributed by atoms with Crippen LogP contribution in [0.5, 0.6) is 0 Å². The Morgan fingerprint density at radius 3 is 2.45 bits per heavy atom. The van der Waals surface area contributed by atoms with Crippen LogP contribution in [0.4, 0.5) is 5.82 Å². The van der Waals surface area contributed by atoms with E-state index in [2.05, 4.69) is 34.8 Å². The van der Waals surface area contributed by atoms with Crippen molar-refractivity contribution in [2.45, 2.75) is 31.2 Å². The molecule has 1 saturated carbocycles. The van der Waals surface area contributed by atoms with Crippen LogP contribution >= 0.6 is 0 Å². The van der Waals surface area contributed by atoms with Gasteiger partial charge in [0.05, 0.1) is 12.2 Å². The average Bonchev–Trinajstić information content (AvgIpc) is 2.72. The summed E-state index contributed by atoms with van der Waals surface area (Å²) in [5.74, 6) is 7.09. The van der Waals surface area contributed by atoms with Crippen LogP contribution in [0.2, 0.25) is 0 Å². The number of aromatic nitrogens is 2. The van der Waals surface area contributed by atoms with E-state index in [9.17, 15) is 0 Å². The van der Waals surface area contributed by atoms with E-state index in [1.165, 1.54) is 24.8 Å². The second-order valence-corrected chi connectivity index (χ2v) is 5.50. The molecule has 1 fully saturated rings. The van der Waals surface area contributed by atoms with Gasteiger partial charge in [-0.15, -0.1) is 0 Å². The minimum Gasteiger partial charge on any atom is -0.384 e. The quantitative estimate of drug-likeness (QED) is 0.585. The van der Waals surface area contributed by atoms with Gasteiger partial charge in [0.15, 0.2) is 0 Å². The predicted molar refractivity (Wildman–Crippen MR) is 79.8 cm³/mol. The molecular formula is C15H21N5. The second-order valence-electron chi connectivity index (χ2n) is 5.50. The van der Waals surface area contributed by atoms with Crippen molar-refractivity contribution in [2.75, 3.05) is 5.73 Å². The number of nitrogens with zero attached hydrogens (tertiary/aromatic N) is 2. The van der Waals surface area contributed by atoms with Gasteiger partial charge in [0.1, 0.15) is 5.82 Å². The summed E-state index contributed by atoms with van der Waals surface area (Å²) >= 11 is 0. The minimum absolute atomic E-state index is 0.126. The number of anilines is 1. The largest absolute Gasteiger partial charge is 0.384 e. The molecule has 1 heterocycles. The molecule has 0 spiro atoms. The van der Waals surface area contributed by atoms with Crippen LogP contribution in [0.25, 0.3) is 0 Å². The highest BCUT2D eigenvalue weighted by molar-refractivity contribution is 5.45. The van der Waals surface area contributed by atoms with Crippen LogP contribution < -0.4 is 17.0 Å². The van der Waals surface area contributed by atoms with Crippen molar-refractivity contribution in [3.63, 3.8) is 0 Å². The molecule has 1 unspecified atom stereocenters. The van der Waals surface area contributed by atoms with Gasteiger partial charge in [0.2, 0.25) is 0 Å². The van der Waals surface area contributed by atoms with Gasteiger partial charge < -0.3 is 5.73 Å². The van der Waals surface area contributed by atoms with Gasteiger partial charge in [-0.1, -0.05) is 30.7 Å². The topological polar surface area (TPSA) is 81.9 Å². The number of hydrazine groups is 1. The van der Waals surface area contributed by atoms with Crippen LogP contribution in [-0.4, -0.2) is 9.78 Å². The van der Waals surface area contributed by atoms with Crippen molar-refractivity contribution in [3.05, 3.63) is 47.2 Å². The summed E-state index contributed by atoms with van der Waals surface area (Å²) in [6.07, 6.45) is 5.74. The molecule has 106 valence electrons. The van der Waals surface area contributed by atoms with Crippen LogP contribution in [0, 0.1) is 0 Å². The third-order valence-corrected chi connectivity index (χ3v) is 4.34. The molecule has 20 heavy (non-hydrogen) atoms. The van der Waals surface area contributed by atoms with Gasteiger partial charge in [-0.2, -0.15) is 5.10 Å². The summed E-state index contributed by atoms with van der Waals surface area (Å²) in [6, 6.07) is 8.54. The fourth-order valence-corrected chi connectivity index (χ4v) is 2.75. The summed E-state index contributed by atoms with van der Waals surface area (Å²) in [6.45, 7) is 0. The van der Waals surface area contributed by atoms with E-state index in [4.69, 9.17) is 11.6 Å². The maximum Gasteiger partial charge on any atom is 0.126 e. The molecule has 1 aliphatic rings. The number of rotatable bonds is 4. The Labute approximate surface area is 118 Å². The van der Waals surface area contributed by atoms with Gasteiger partial charge in [0.25, 0.3) is 0 Å². The lowest BCUT2D eigenvalue weighted by Gasteiger charge is -2.26. The molecule has 3 rings (SSSR count). The van der Waals surface area contributed by atoms with Crippen LogP contribution in [-0.2, 0) is 7.05 Å². The molecule has 2 aromatic rings. The highest BCUT2D eigenvalue weighted by Crippen LogP contribution is 2.37. The van der Waals surface area contributed by atoms with Gasteiger partial charge in [-0.05, 0) is 29.9 Å². The van der Waals surface area contributed by atoms with E-state index in [-0.39, 0.29) is 6.04 Å². The maximum absolute atomic E-state index is 6.03. The van der Waals surface area contributed by atoms with Crippen LogP contribution in [0.15, 0.2) is 30.5 Å². The number of hydrogen-bond donors (Lipinski definition) is 3. The van der Waals surface area contributed by atoms with Gasteiger partial charge in [-0.25, -0.2) is 5.43 Å². The first-order valence-electron chi connectivity index (χ1n) is 7.04. The fourth-order valence-electron chi connectivity index (χ4n) is 2.75. The van der Waals surface area contributed by atoms with Crippen molar-refractivity contribution >= 4 is 5.82 Å². The highest BCUT2D eigenvalue weighted by Gasteiger charge is 2.21. The van der Waals surface area contributed by atoms with E-state index in [0.29, 0.717) is 5.82 Å². The molecule has 0 aliphatic heterocycles. The van der Waals surface area contributed by atoms with Gasteiger partial charge >= 0.3 is 0 Å². The van der Waals surface area contributed by atoms with Crippen LogP contribution in [0.1, 0.15) is 47.9 Å². The first kappa shape index (κ1) is 13.1. The smallest absolute Gasteiger partial charge is 0.126 e. The number of hydrogen-bond acceptors (Lipinski definition) is 4. The lowest BCUT2D eigenvalue weighted by molar-refractivity contribution is 0.419. The first-order valence-corrected chi connectivity index (χ1v) is 7.04. The predicted octanol–water partition coefficient (Wildman–Crippen LogP) is 1.82. The zero-order chi connectivity index (χ0) is 14.1. The van der Waals surface area contributed by atoms with E-state index in [0.717, 1.165) is 17.0 Å². The van der Waals surface area contributed by atoms with Crippen molar-refractivity contribution < 1.29 is 0 Å². The van der Waals surface area contributed by atoms with Crippen molar-refractivity contribution in [3.8, 4) is 0 Å². The SMILES string of the molecule is Cn1ncc(C(NN)c2ccc(C3CCC3)cc2)c1N. The third kappa shape index (κ3) is 2.19. The number of nitrogens with one attached hydrogen (secondary N) is 1. The second kappa shape index (κ2) is 5.26. The fraction of sp³-hybridized carbons (Fsp3) is 0.400. The van der Waals surface area contributed by atoms with E-state index >= 15 is 0 Å². The monoisotopic (exact) mass is 271 g/mol. The Balaban J connectivity index is 1.87. The van der Waals surface area contributed by atoms with E-state index in [1.54, 1.807) is 10.9 Å². The lowest BCUT2D eigenvalue weighted by Crippen LogP contribution is -2.29. The molecule has 5 heteroatoms. The molecule has 5 N–H and O–H groups in total. The lowest BCUT2D eigenvalue weighted by atomic mass is 9.80. The summed E-state index contributed by atoms with van der Waals surface area (Å²) in [4.78, 5) is 0. The van der Waals surface area contributed by atoms with Crippen molar-refractivity contribution in [1.29, 1.82) is 0 Å².